The third-order valence-corrected chi connectivity index (χ3v) is 2.02. The van der Waals surface area contributed by atoms with Crippen LogP contribution in [0.15, 0.2) is 12.1 Å². The van der Waals surface area contributed by atoms with Crippen molar-refractivity contribution < 1.29 is 17.9 Å². The summed E-state index contributed by atoms with van der Waals surface area (Å²) < 4.78 is 40.6. The van der Waals surface area contributed by atoms with Gasteiger partial charge in [0.05, 0.1) is 0 Å². The summed E-state index contributed by atoms with van der Waals surface area (Å²) in [5.74, 6) is 0.215. The first-order valence-electron chi connectivity index (χ1n) is 4.36. The van der Waals surface area contributed by atoms with Gasteiger partial charge < -0.3 is 10.5 Å². The van der Waals surface area contributed by atoms with Crippen LogP contribution < -0.4 is 10.5 Å². The summed E-state index contributed by atoms with van der Waals surface area (Å²) in [7, 11) is 0. The zero-order valence-electron chi connectivity index (χ0n) is 8.48. The quantitative estimate of drug-likeness (QED) is 0.776. The molecule has 0 radical (unpaired) electrons. The molecule has 0 saturated carbocycles. The highest BCUT2D eigenvalue weighted by Crippen LogP contribution is 2.29. The van der Waals surface area contributed by atoms with Gasteiger partial charge in [0.2, 0.25) is 0 Å². The Morgan fingerprint density at radius 3 is 2.40 bits per heavy atom. The fraction of sp³-hybridized carbons (Fsp3) is 0.400. The largest absolute Gasteiger partial charge is 0.483 e. The van der Waals surface area contributed by atoms with Crippen molar-refractivity contribution in [2.45, 2.75) is 20.0 Å². The van der Waals surface area contributed by atoms with E-state index in [-0.39, 0.29) is 5.75 Å². The topological polar surface area (TPSA) is 35.2 Å². The first kappa shape index (κ1) is 11.7. The minimum absolute atomic E-state index is 0.215. The molecule has 2 nitrogen and oxygen atoms in total. The van der Waals surface area contributed by atoms with Gasteiger partial charge in [0.25, 0.3) is 0 Å². The van der Waals surface area contributed by atoms with E-state index in [0.29, 0.717) is 16.8 Å². The molecule has 0 aromatic heterocycles. The molecule has 5 heteroatoms. The zero-order chi connectivity index (χ0) is 11.6. The van der Waals surface area contributed by atoms with E-state index < -0.39 is 12.8 Å². The summed E-state index contributed by atoms with van der Waals surface area (Å²) in [6.45, 7) is 2.02. The second kappa shape index (κ2) is 4.00. The monoisotopic (exact) mass is 219 g/mol. The Morgan fingerprint density at radius 2 is 1.87 bits per heavy atom. The van der Waals surface area contributed by atoms with Crippen molar-refractivity contribution in [1.29, 1.82) is 0 Å². The molecule has 0 bridgehead atoms. The van der Waals surface area contributed by atoms with Gasteiger partial charge in [-0.3, -0.25) is 0 Å². The maximum atomic E-state index is 11.9. The van der Waals surface area contributed by atoms with Crippen LogP contribution in [-0.2, 0) is 0 Å². The molecule has 0 aliphatic carbocycles. The molecule has 0 fully saturated rings. The molecule has 1 aromatic rings. The number of benzene rings is 1. The van der Waals surface area contributed by atoms with Crippen LogP contribution in [0.1, 0.15) is 11.1 Å². The van der Waals surface area contributed by atoms with Crippen molar-refractivity contribution in [2.24, 2.45) is 0 Å². The van der Waals surface area contributed by atoms with E-state index in [9.17, 15) is 13.2 Å². The van der Waals surface area contributed by atoms with Crippen LogP contribution in [0.2, 0.25) is 0 Å². The van der Waals surface area contributed by atoms with Gasteiger partial charge in [0.1, 0.15) is 5.75 Å². The lowest BCUT2D eigenvalue weighted by Gasteiger charge is -2.14. The van der Waals surface area contributed by atoms with Crippen LogP contribution in [0.4, 0.5) is 18.9 Å². The highest BCUT2D eigenvalue weighted by molar-refractivity contribution is 5.56. The average Bonchev–Trinajstić information content (AvgIpc) is 2.10. The number of anilines is 1. The summed E-state index contributed by atoms with van der Waals surface area (Å²) in [6, 6.07) is 3.28. The molecule has 0 aliphatic heterocycles. The van der Waals surface area contributed by atoms with Crippen LogP contribution in [0.25, 0.3) is 0 Å². The van der Waals surface area contributed by atoms with E-state index >= 15 is 0 Å². The van der Waals surface area contributed by atoms with Gasteiger partial charge in [0.15, 0.2) is 6.61 Å². The van der Waals surface area contributed by atoms with E-state index in [0.717, 1.165) is 0 Å². The molecular weight excluding hydrogens is 207 g/mol. The number of hydrogen-bond donors (Lipinski definition) is 1. The summed E-state index contributed by atoms with van der Waals surface area (Å²) >= 11 is 0. The first-order chi connectivity index (χ1) is 6.81. The lowest BCUT2D eigenvalue weighted by atomic mass is 10.1. The Labute approximate surface area is 85.8 Å². The molecule has 0 aliphatic rings. The van der Waals surface area contributed by atoms with E-state index in [4.69, 9.17) is 10.5 Å². The molecule has 84 valence electrons. The molecule has 15 heavy (non-hydrogen) atoms. The third kappa shape index (κ3) is 3.04. The van der Waals surface area contributed by atoms with Crippen LogP contribution in [0.5, 0.6) is 5.75 Å². The van der Waals surface area contributed by atoms with Crippen LogP contribution >= 0.6 is 0 Å². The van der Waals surface area contributed by atoms with Crippen molar-refractivity contribution >= 4 is 5.69 Å². The number of ether oxygens (including phenoxy) is 1. The van der Waals surface area contributed by atoms with Gasteiger partial charge >= 0.3 is 6.18 Å². The highest BCUT2D eigenvalue weighted by Gasteiger charge is 2.29. The molecule has 0 spiro atoms. The highest BCUT2D eigenvalue weighted by atomic mass is 19.4. The number of aryl methyl sites for hydroxylation is 1. The van der Waals surface area contributed by atoms with Gasteiger partial charge in [-0.05, 0) is 25.5 Å². The van der Waals surface area contributed by atoms with Gasteiger partial charge in [-0.15, -0.1) is 0 Å². The zero-order valence-corrected chi connectivity index (χ0v) is 8.48. The number of alkyl halides is 3. The minimum Gasteiger partial charge on any atom is -0.483 e. The standard InChI is InChI=1S/C10H12F3NO/c1-6-3-4-8(14)7(2)9(6)15-5-10(11,12)13/h3-4H,5,14H2,1-2H3. The Balaban J connectivity index is 2.90. The average molecular weight is 219 g/mol. The fourth-order valence-electron chi connectivity index (χ4n) is 1.22. The van der Waals surface area contributed by atoms with Crippen molar-refractivity contribution in [3.63, 3.8) is 0 Å². The second-order valence-corrected chi connectivity index (χ2v) is 3.33. The molecule has 0 saturated heterocycles. The second-order valence-electron chi connectivity index (χ2n) is 3.33. The molecule has 0 atom stereocenters. The molecular formula is C10H12F3NO. The summed E-state index contributed by atoms with van der Waals surface area (Å²) in [5.41, 5.74) is 7.18. The van der Waals surface area contributed by atoms with E-state index in [1.807, 2.05) is 0 Å². The first-order valence-corrected chi connectivity index (χ1v) is 4.36. The van der Waals surface area contributed by atoms with Gasteiger partial charge in [-0.25, -0.2) is 0 Å². The Hall–Kier alpha value is -1.39. The molecule has 1 rings (SSSR count). The van der Waals surface area contributed by atoms with E-state index in [2.05, 4.69) is 0 Å². The number of nitrogen functional groups attached to an aromatic ring is 1. The van der Waals surface area contributed by atoms with Crippen molar-refractivity contribution in [3.05, 3.63) is 23.3 Å². The third-order valence-electron chi connectivity index (χ3n) is 2.02. The normalized spacial score (nSPS) is 11.5. The summed E-state index contributed by atoms with van der Waals surface area (Å²) in [4.78, 5) is 0. The van der Waals surface area contributed by atoms with Gasteiger partial charge in [0, 0.05) is 11.3 Å². The summed E-state index contributed by atoms with van der Waals surface area (Å²) in [6.07, 6.45) is -4.33. The molecule has 0 heterocycles. The Kier molecular flexibility index (Phi) is 3.12. The lowest BCUT2D eigenvalue weighted by Crippen LogP contribution is -2.20. The molecule has 0 amide bonds. The number of rotatable bonds is 2. The minimum atomic E-state index is -4.33. The van der Waals surface area contributed by atoms with E-state index in [1.165, 1.54) is 0 Å². The SMILES string of the molecule is Cc1ccc(N)c(C)c1OCC(F)(F)F. The number of halogens is 3. The number of nitrogens with two attached hydrogens (primary N) is 1. The maximum Gasteiger partial charge on any atom is 0.422 e. The van der Waals surface area contributed by atoms with Gasteiger partial charge in [-0.1, -0.05) is 6.07 Å². The molecule has 1 aromatic carbocycles. The number of hydrogen-bond acceptors (Lipinski definition) is 2. The Morgan fingerprint density at radius 1 is 1.27 bits per heavy atom. The fourth-order valence-corrected chi connectivity index (χ4v) is 1.22. The summed E-state index contributed by atoms with van der Waals surface area (Å²) in [5, 5.41) is 0. The van der Waals surface area contributed by atoms with Crippen molar-refractivity contribution in [2.75, 3.05) is 12.3 Å². The van der Waals surface area contributed by atoms with Crippen LogP contribution in [0.3, 0.4) is 0 Å². The maximum absolute atomic E-state index is 11.9. The predicted octanol–water partition coefficient (Wildman–Crippen LogP) is 2.83. The lowest BCUT2D eigenvalue weighted by molar-refractivity contribution is -0.153. The van der Waals surface area contributed by atoms with Gasteiger partial charge in [-0.2, -0.15) is 13.2 Å². The van der Waals surface area contributed by atoms with Crippen molar-refractivity contribution in [3.8, 4) is 5.75 Å². The van der Waals surface area contributed by atoms with Crippen LogP contribution in [0, 0.1) is 13.8 Å². The molecule has 0 unspecified atom stereocenters. The molecule has 2 N–H and O–H groups in total. The van der Waals surface area contributed by atoms with Crippen LogP contribution in [-0.4, -0.2) is 12.8 Å². The van der Waals surface area contributed by atoms with Crippen molar-refractivity contribution in [1.82, 2.24) is 0 Å². The smallest absolute Gasteiger partial charge is 0.422 e. The predicted molar refractivity (Wildman–Crippen MR) is 51.9 cm³/mol. The van der Waals surface area contributed by atoms with E-state index in [1.54, 1.807) is 26.0 Å². The Bertz CT molecular complexity index is 360.